The van der Waals surface area contributed by atoms with Gasteiger partial charge in [0, 0.05) is 17.3 Å². The van der Waals surface area contributed by atoms with Gasteiger partial charge in [0.25, 0.3) is 0 Å². The van der Waals surface area contributed by atoms with Gasteiger partial charge in [-0.1, -0.05) is 6.92 Å². The molecule has 19 heavy (non-hydrogen) atoms. The average Bonchev–Trinajstić information content (AvgIpc) is 2.82. The van der Waals surface area contributed by atoms with Gasteiger partial charge in [-0.15, -0.1) is 11.3 Å². The van der Waals surface area contributed by atoms with Crippen LogP contribution in [0.5, 0.6) is 0 Å². The first-order valence-corrected chi connectivity index (χ1v) is 8.15. The highest BCUT2D eigenvalue weighted by Crippen LogP contribution is 2.47. The minimum atomic E-state index is 0.596. The second kappa shape index (κ2) is 4.17. The summed E-state index contributed by atoms with van der Waals surface area (Å²) in [5, 5.41) is 4.78. The van der Waals surface area contributed by atoms with Crippen molar-refractivity contribution in [3.63, 3.8) is 0 Å². The molecule has 0 radical (unpaired) electrons. The van der Waals surface area contributed by atoms with Crippen molar-refractivity contribution < 1.29 is 0 Å². The predicted molar refractivity (Wildman–Crippen MR) is 80.1 cm³/mol. The molecule has 0 aliphatic heterocycles. The van der Waals surface area contributed by atoms with Crippen LogP contribution >= 0.6 is 11.3 Å². The highest BCUT2D eigenvalue weighted by molar-refractivity contribution is 7.19. The van der Waals surface area contributed by atoms with Crippen molar-refractivity contribution in [2.45, 2.75) is 45.4 Å². The van der Waals surface area contributed by atoms with E-state index in [1.165, 1.54) is 41.5 Å². The first-order valence-electron chi connectivity index (χ1n) is 7.34. The third kappa shape index (κ3) is 1.76. The molecule has 0 bridgehead atoms. The minimum absolute atomic E-state index is 0.596. The van der Waals surface area contributed by atoms with E-state index in [4.69, 9.17) is 9.97 Å². The van der Waals surface area contributed by atoms with Crippen molar-refractivity contribution in [3.05, 3.63) is 16.3 Å². The molecule has 2 unspecified atom stereocenters. The van der Waals surface area contributed by atoms with Crippen molar-refractivity contribution in [3.8, 4) is 0 Å². The number of rotatable bonds is 3. The molecule has 2 aliphatic carbocycles. The Balaban J connectivity index is 1.91. The second-order valence-electron chi connectivity index (χ2n) is 5.82. The standard InChI is InChI=1S/C15H19N3S/c1-3-16-14-12-9-5-4-6-11(9)19-15(12)18-13(17-14)10-7-8(10)2/h8,10H,3-7H2,1-2H3,(H,16,17,18). The van der Waals surface area contributed by atoms with Gasteiger partial charge >= 0.3 is 0 Å². The van der Waals surface area contributed by atoms with Crippen molar-refractivity contribution in [1.82, 2.24) is 9.97 Å². The van der Waals surface area contributed by atoms with Gasteiger partial charge in [0.15, 0.2) is 0 Å². The van der Waals surface area contributed by atoms with Crippen LogP contribution in [0.1, 0.15) is 48.9 Å². The maximum atomic E-state index is 4.86. The van der Waals surface area contributed by atoms with Crippen LogP contribution in [0, 0.1) is 5.92 Å². The number of hydrogen-bond donors (Lipinski definition) is 1. The van der Waals surface area contributed by atoms with Gasteiger partial charge in [-0.25, -0.2) is 9.97 Å². The number of thiophene rings is 1. The van der Waals surface area contributed by atoms with Crippen molar-refractivity contribution in [1.29, 1.82) is 0 Å². The fourth-order valence-electron chi connectivity index (χ4n) is 3.16. The molecule has 1 saturated carbocycles. The second-order valence-corrected chi connectivity index (χ2v) is 6.90. The molecule has 0 saturated heterocycles. The lowest BCUT2D eigenvalue weighted by Crippen LogP contribution is -2.04. The van der Waals surface area contributed by atoms with Crippen LogP contribution in [0.4, 0.5) is 5.82 Å². The Morgan fingerprint density at radius 3 is 2.89 bits per heavy atom. The summed E-state index contributed by atoms with van der Waals surface area (Å²) in [7, 11) is 0. The molecule has 2 atom stereocenters. The molecule has 100 valence electrons. The largest absolute Gasteiger partial charge is 0.370 e. The van der Waals surface area contributed by atoms with E-state index in [1.54, 1.807) is 4.88 Å². The number of anilines is 1. The third-order valence-electron chi connectivity index (χ3n) is 4.37. The molecular formula is C15H19N3S. The number of nitrogens with zero attached hydrogens (tertiary/aromatic N) is 2. The zero-order valence-corrected chi connectivity index (χ0v) is 12.3. The topological polar surface area (TPSA) is 37.8 Å². The van der Waals surface area contributed by atoms with Gasteiger partial charge in [-0.2, -0.15) is 0 Å². The van der Waals surface area contributed by atoms with E-state index in [1.807, 2.05) is 11.3 Å². The van der Waals surface area contributed by atoms with Crippen LogP contribution in [0.2, 0.25) is 0 Å². The third-order valence-corrected chi connectivity index (χ3v) is 5.55. The lowest BCUT2D eigenvalue weighted by molar-refractivity contribution is 0.852. The van der Waals surface area contributed by atoms with Crippen molar-refractivity contribution in [2.75, 3.05) is 11.9 Å². The maximum Gasteiger partial charge on any atom is 0.138 e. The summed E-state index contributed by atoms with van der Waals surface area (Å²) in [4.78, 5) is 12.5. The zero-order valence-electron chi connectivity index (χ0n) is 11.5. The predicted octanol–water partition coefficient (Wildman–Crippen LogP) is 3.74. The number of hydrogen-bond acceptors (Lipinski definition) is 4. The van der Waals surface area contributed by atoms with E-state index in [-0.39, 0.29) is 0 Å². The number of nitrogens with one attached hydrogen (secondary N) is 1. The van der Waals surface area contributed by atoms with Crippen molar-refractivity contribution in [2.24, 2.45) is 5.92 Å². The number of aromatic nitrogens is 2. The van der Waals surface area contributed by atoms with Crippen molar-refractivity contribution >= 4 is 27.4 Å². The van der Waals surface area contributed by atoms with E-state index >= 15 is 0 Å². The van der Waals surface area contributed by atoms with Crippen LogP contribution in [-0.2, 0) is 12.8 Å². The Labute approximate surface area is 117 Å². The Hall–Kier alpha value is -1.16. The fraction of sp³-hybridized carbons (Fsp3) is 0.600. The van der Waals surface area contributed by atoms with Gasteiger partial charge in [-0.05, 0) is 44.1 Å². The number of aryl methyl sites for hydroxylation is 2. The summed E-state index contributed by atoms with van der Waals surface area (Å²) in [6.45, 7) is 5.36. The highest BCUT2D eigenvalue weighted by atomic mass is 32.1. The molecule has 2 aliphatic rings. The summed E-state index contributed by atoms with van der Waals surface area (Å²) in [6, 6.07) is 0. The first-order chi connectivity index (χ1) is 9.28. The van der Waals surface area contributed by atoms with Gasteiger partial charge in [-0.3, -0.25) is 0 Å². The Kier molecular flexibility index (Phi) is 2.56. The molecule has 0 spiro atoms. The Morgan fingerprint density at radius 1 is 1.32 bits per heavy atom. The molecule has 1 fully saturated rings. The van der Waals surface area contributed by atoms with Crippen LogP contribution in [0.25, 0.3) is 10.2 Å². The average molecular weight is 273 g/mol. The Bertz CT molecular complexity index is 646. The monoisotopic (exact) mass is 273 g/mol. The van der Waals surface area contributed by atoms with Crippen LogP contribution < -0.4 is 5.32 Å². The van der Waals surface area contributed by atoms with E-state index in [0.717, 1.165) is 24.1 Å². The fourth-order valence-corrected chi connectivity index (χ4v) is 4.42. The number of fused-ring (bicyclic) bond motifs is 3. The molecule has 4 heteroatoms. The van der Waals surface area contributed by atoms with Gasteiger partial charge in [0.1, 0.15) is 16.5 Å². The van der Waals surface area contributed by atoms with E-state index in [9.17, 15) is 0 Å². The molecular weight excluding hydrogens is 254 g/mol. The van der Waals surface area contributed by atoms with Gasteiger partial charge in [0.05, 0.1) is 5.39 Å². The molecule has 2 aromatic heterocycles. The summed E-state index contributed by atoms with van der Waals surface area (Å²) in [5.41, 5.74) is 1.52. The molecule has 3 nitrogen and oxygen atoms in total. The van der Waals surface area contributed by atoms with Gasteiger partial charge < -0.3 is 5.32 Å². The summed E-state index contributed by atoms with van der Waals surface area (Å²) >= 11 is 1.90. The quantitative estimate of drug-likeness (QED) is 0.926. The normalized spacial score (nSPS) is 24.7. The summed E-state index contributed by atoms with van der Waals surface area (Å²) in [5.74, 6) is 3.51. The Morgan fingerprint density at radius 2 is 2.16 bits per heavy atom. The summed E-state index contributed by atoms with van der Waals surface area (Å²) in [6.07, 6.45) is 4.99. The highest BCUT2D eigenvalue weighted by Gasteiger charge is 2.37. The van der Waals surface area contributed by atoms with Crippen LogP contribution in [0.3, 0.4) is 0 Å². The molecule has 0 amide bonds. The molecule has 4 rings (SSSR count). The maximum absolute atomic E-state index is 4.86. The smallest absolute Gasteiger partial charge is 0.138 e. The molecule has 0 aromatic carbocycles. The van der Waals surface area contributed by atoms with E-state index < -0.39 is 0 Å². The first kappa shape index (κ1) is 11.6. The van der Waals surface area contributed by atoms with Crippen LogP contribution in [0.15, 0.2) is 0 Å². The lowest BCUT2D eigenvalue weighted by atomic mass is 10.2. The van der Waals surface area contributed by atoms with Gasteiger partial charge in [0.2, 0.25) is 0 Å². The summed E-state index contributed by atoms with van der Waals surface area (Å²) < 4.78 is 0. The lowest BCUT2D eigenvalue weighted by Gasteiger charge is -2.08. The molecule has 2 aromatic rings. The van der Waals surface area contributed by atoms with Crippen LogP contribution in [-0.4, -0.2) is 16.5 Å². The zero-order chi connectivity index (χ0) is 13.0. The van der Waals surface area contributed by atoms with E-state index in [2.05, 4.69) is 19.2 Å². The SMILES string of the molecule is CCNc1nc(C2CC2C)nc2sc3c(c12)CCC3. The minimum Gasteiger partial charge on any atom is -0.370 e. The molecule has 1 N–H and O–H groups in total. The molecule has 2 heterocycles. The van der Waals surface area contributed by atoms with E-state index in [0.29, 0.717) is 5.92 Å².